The van der Waals surface area contributed by atoms with Crippen LogP contribution in [0.25, 0.3) is 10.9 Å². The molecule has 0 bridgehead atoms. The molecule has 18 heavy (non-hydrogen) atoms. The molecule has 0 amide bonds. The summed E-state index contributed by atoms with van der Waals surface area (Å²) in [6, 6.07) is 5.13. The van der Waals surface area contributed by atoms with Gasteiger partial charge in [0.05, 0.1) is 0 Å². The Labute approximate surface area is 106 Å². The van der Waals surface area contributed by atoms with Crippen molar-refractivity contribution in [3.63, 3.8) is 0 Å². The van der Waals surface area contributed by atoms with E-state index >= 15 is 0 Å². The zero-order chi connectivity index (χ0) is 13.2. The lowest BCUT2D eigenvalue weighted by Gasteiger charge is -2.04. The highest BCUT2D eigenvalue weighted by Crippen LogP contribution is 2.24. The molecule has 96 valence electrons. The van der Waals surface area contributed by atoms with E-state index in [1.165, 1.54) is 6.20 Å². The van der Waals surface area contributed by atoms with Crippen molar-refractivity contribution in [2.75, 3.05) is 12.3 Å². The van der Waals surface area contributed by atoms with Gasteiger partial charge in [0.2, 0.25) is 10.0 Å². The van der Waals surface area contributed by atoms with Gasteiger partial charge in [-0.05, 0) is 24.6 Å². The molecule has 1 aromatic heterocycles. The van der Waals surface area contributed by atoms with Crippen molar-refractivity contribution >= 4 is 26.6 Å². The Morgan fingerprint density at radius 2 is 2.22 bits per heavy atom. The van der Waals surface area contributed by atoms with Gasteiger partial charge in [0.15, 0.2) is 0 Å². The summed E-state index contributed by atoms with van der Waals surface area (Å²) >= 11 is 0. The number of aromatic nitrogens is 1. The minimum Gasteiger partial charge on any atom is -0.399 e. The maximum absolute atomic E-state index is 12.1. The number of fused-ring (bicyclic) bond motifs is 1. The van der Waals surface area contributed by atoms with E-state index in [9.17, 15) is 8.42 Å². The second kappa shape index (κ2) is 4.83. The number of hydrogen-bond donors (Lipinski definition) is 3. The van der Waals surface area contributed by atoms with Gasteiger partial charge in [-0.3, -0.25) is 0 Å². The Morgan fingerprint density at radius 3 is 2.94 bits per heavy atom. The molecule has 0 atom stereocenters. The van der Waals surface area contributed by atoms with E-state index in [0.29, 0.717) is 24.0 Å². The highest BCUT2D eigenvalue weighted by molar-refractivity contribution is 7.89. The van der Waals surface area contributed by atoms with Crippen molar-refractivity contribution in [1.82, 2.24) is 9.71 Å². The van der Waals surface area contributed by atoms with Crippen LogP contribution in [0.15, 0.2) is 41.9 Å². The second-order valence-corrected chi connectivity index (χ2v) is 5.67. The molecule has 1 aromatic carbocycles. The molecule has 5 nitrogen and oxygen atoms in total. The number of sulfonamides is 1. The fourth-order valence-electron chi connectivity index (χ4n) is 1.71. The minimum atomic E-state index is -3.52. The monoisotopic (exact) mass is 265 g/mol. The third-order valence-electron chi connectivity index (χ3n) is 2.60. The van der Waals surface area contributed by atoms with Gasteiger partial charge in [-0.25, -0.2) is 13.1 Å². The number of H-pyrrole nitrogens is 1. The smallest absolute Gasteiger partial charge is 0.242 e. The average molecular weight is 265 g/mol. The van der Waals surface area contributed by atoms with Gasteiger partial charge in [-0.2, -0.15) is 0 Å². The maximum atomic E-state index is 12.1. The standard InChI is InChI=1S/C12H15N3O2S/c1-2-3-6-15-18(16,17)12-8-14-11-5-4-9(13)7-10(11)12/h2,4-5,7-8,14-15H,1,3,6,13H2. The van der Waals surface area contributed by atoms with Crippen molar-refractivity contribution in [2.45, 2.75) is 11.3 Å². The summed E-state index contributed by atoms with van der Waals surface area (Å²) in [4.78, 5) is 3.13. The summed E-state index contributed by atoms with van der Waals surface area (Å²) in [6.07, 6.45) is 3.72. The molecule has 0 spiro atoms. The van der Waals surface area contributed by atoms with Gasteiger partial charge < -0.3 is 10.7 Å². The lowest BCUT2D eigenvalue weighted by atomic mass is 10.2. The second-order valence-electron chi connectivity index (χ2n) is 3.93. The normalized spacial score (nSPS) is 11.8. The van der Waals surface area contributed by atoms with Crippen molar-refractivity contribution in [3.8, 4) is 0 Å². The Balaban J connectivity index is 2.41. The van der Waals surface area contributed by atoms with E-state index in [0.717, 1.165) is 5.52 Å². The van der Waals surface area contributed by atoms with Crippen LogP contribution in [0, 0.1) is 0 Å². The molecule has 1 heterocycles. The van der Waals surface area contributed by atoms with Gasteiger partial charge in [-0.1, -0.05) is 6.08 Å². The van der Waals surface area contributed by atoms with Crippen molar-refractivity contribution in [3.05, 3.63) is 37.1 Å². The van der Waals surface area contributed by atoms with Gasteiger partial charge >= 0.3 is 0 Å². The summed E-state index contributed by atoms with van der Waals surface area (Å²) in [5, 5.41) is 0.598. The Bertz CT molecular complexity index is 674. The van der Waals surface area contributed by atoms with Crippen LogP contribution in [0.1, 0.15) is 6.42 Å². The number of anilines is 1. The van der Waals surface area contributed by atoms with Crippen LogP contribution in [0.3, 0.4) is 0 Å². The van der Waals surface area contributed by atoms with Gasteiger partial charge in [0, 0.05) is 29.3 Å². The largest absolute Gasteiger partial charge is 0.399 e. The fourth-order valence-corrected chi connectivity index (χ4v) is 2.92. The summed E-state index contributed by atoms with van der Waals surface area (Å²) in [6.45, 7) is 3.88. The van der Waals surface area contributed by atoms with Crippen molar-refractivity contribution in [2.24, 2.45) is 0 Å². The van der Waals surface area contributed by atoms with E-state index in [-0.39, 0.29) is 4.90 Å². The first-order chi connectivity index (χ1) is 8.54. The zero-order valence-corrected chi connectivity index (χ0v) is 10.6. The summed E-state index contributed by atoms with van der Waals surface area (Å²) in [5.41, 5.74) is 6.95. The number of nitrogens with two attached hydrogens (primary N) is 1. The highest BCUT2D eigenvalue weighted by Gasteiger charge is 2.18. The predicted molar refractivity (Wildman–Crippen MR) is 72.7 cm³/mol. The molecule has 0 unspecified atom stereocenters. The molecule has 2 aromatic rings. The number of nitrogens with one attached hydrogen (secondary N) is 2. The molecule has 6 heteroatoms. The molecular weight excluding hydrogens is 250 g/mol. The predicted octanol–water partition coefficient (Wildman–Crippen LogP) is 1.60. The molecule has 2 rings (SSSR count). The first kappa shape index (κ1) is 12.7. The average Bonchev–Trinajstić information content (AvgIpc) is 2.72. The lowest BCUT2D eigenvalue weighted by molar-refractivity contribution is 0.583. The van der Waals surface area contributed by atoms with Gasteiger partial charge in [0.25, 0.3) is 0 Å². The molecule has 0 aliphatic carbocycles. The molecule has 0 radical (unpaired) electrons. The van der Waals surface area contributed by atoms with Crippen LogP contribution in [0.2, 0.25) is 0 Å². The van der Waals surface area contributed by atoms with Gasteiger partial charge in [0.1, 0.15) is 4.90 Å². The Kier molecular flexibility index (Phi) is 3.40. The molecule has 0 saturated carbocycles. The Morgan fingerprint density at radius 1 is 1.44 bits per heavy atom. The lowest BCUT2D eigenvalue weighted by Crippen LogP contribution is -2.24. The van der Waals surface area contributed by atoms with E-state index in [2.05, 4.69) is 16.3 Å². The molecule has 0 aliphatic heterocycles. The first-order valence-electron chi connectivity index (χ1n) is 5.52. The summed E-state index contributed by atoms with van der Waals surface area (Å²) < 4.78 is 26.7. The summed E-state index contributed by atoms with van der Waals surface area (Å²) in [5.74, 6) is 0. The van der Waals surface area contributed by atoms with E-state index in [4.69, 9.17) is 5.73 Å². The van der Waals surface area contributed by atoms with E-state index < -0.39 is 10.0 Å². The molecule has 4 N–H and O–H groups in total. The molecule has 0 aliphatic rings. The van der Waals surface area contributed by atoms with Crippen LogP contribution in [-0.2, 0) is 10.0 Å². The molecule has 0 fully saturated rings. The third-order valence-corrected chi connectivity index (χ3v) is 4.10. The number of hydrogen-bond acceptors (Lipinski definition) is 3. The highest BCUT2D eigenvalue weighted by atomic mass is 32.2. The van der Waals surface area contributed by atoms with Gasteiger partial charge in [-0.15, -0.1) is 6.58 Å². The molecular formula is C12H15N3O2S. The molecule has 0 saturated heterocycles. The van der Waals surface area contributed by atoms with Crippen molar-refractivity contribution < 1.29 is 8.42 Å². The maximum Gasteiger partial charge on any atom is 0.242 e. The number of rotatable bonds is 5. The number of benzene rings is 1. The summed E-state index contributed by atoms with van der Waals surface area (Å²) in [7, 11) is -3.52. The van der Waals surface area contributed by atoms with E-state index in [1.54, 1.807) is 24.3 Å². The van der Waals surface area contributed by atoms with E-state index in [1.807, 2.05) is 0 Å². The van der Waals surface area contributed by atoms with Crippen LogP contribution in [0.5, 0.6) is 0 Å². The number of aromatic amines is 1. The Hall–Kier alpha value is -1.79. The van der Waals surface area contributed by atoms with Crippen LogP contribution < -0.4 is 10.5 Å². The van der Waals surface area contributed by atoms with Crippen molar-refractivity contribution in [1.29, 1.82) is 0 Å². The minimum absolute atomic E-state index is 0.217. The zero-order valence-electron chi connectivity index (χ0n) is 9.81. The SMILES string of the molecule is C=CCCNS(=O)(=O)c1c[nH]c2ccc(N)cc12. The van der Waals surface area contributed by atoms with Crippen LogP contribution in [-0.4, -0.2) is 19.9 Å². The van der Waals surface area contributed by atoms with Crippen LogP contribution in [0.4, 0.5) is 5.69 Å². The quantitative estimate of drug-likeness (QED) is 0.436. The number of nitrogen functional groups attached to an aromatic ring is 1. The fraction of sp³-hybridized carbons (Fsp3) is 0.167. The topological polar surface area (TPSA) is 88.0 Å². The van der Waals surface area contributed by atoms with Crippen LogP contribution >= 0.6 is 0 Å². The first-order valence-corrected chi connectivity index (χ1v) is 7.00. The third kappa shape index (κ3) is 2.39.